The van der Waals surface area contributed by atoms with Crippen molar-refractivity contribution in [3.8, 4) is 0 Å². The molecule has 0 spiro atoms. The monoisotopic (exact) mass is 319 g/mol. The minimum Gasteiger partial charge on any atom is -0.480 e. The number of hydrogen-bond acceptors (Lipinski definition) is 2. The van der Waals surface area contributed by atoms with E-state index in [2.05, 4.69) is 0 Å². The van der Waals surface area contributed by atoms with Gasteiger partial charge in [0.25, 0.3) is 5.91 Å². The standard InChI is InChI=1S/C14H13F4NO3/c1-7(13(21)22)19(9-3-4-9)12(20)8-2-5-10(11(15)6-8)14(16,17)18/h2,5-7,9H,3-4H2,1H3,(H,21,22). The van der Waals surface area contributed by atoms with Crippen molar-refractivity contribution in [3.05, 3.63) is 35.1 Å². The average molecular weight is 319 g/mol. The zero-order valence-electron chi connectivity index (χ0n) is 11.5. The Labute approximate surface area is 123 Å². The first-order valence-electron chi connectivity index (χ1n) is 6.55. The molecule has 1 atom stereocenters. The van der Waals surface area contributed by atoms with Gasteiger partial charge in [0.15, 0.2) is 0 Å². The van der Waals surface area contributed by atoms with Gasteiger partial charge in [0.05, 0.1) is 5.56 Å². The molecule has 1 aliphatic carbocycles. The van der Waals surface area contributed by atoms with Crippen LogP contribution in [0.25, 0.3) is 0 Å². The van der Waals surface area contributed by atoms with Crippen molar-refractivity contribution in [3.63, 3.8) is 0 Å². The number of alkyl halides is 3. The molecule has 2 rings (SSSR count). The summed E-state index contributed by atoms with van der Waals surface area (Å²) in [5.74, 6) is -3.57. The van der Waals surface area contributed by atoms with Crippen LogP contribution in [0.3, 0.4) is 0 Å². The number of benzene rings is 1. The second-order valence-corrected chi connectivity index (χ2v) is 5.15. The normalized spacial score (nSPS) is 16.2. The molecule has 0 bridgehead atoms. The van der Waals surface area contributed by atoms with Crippen LogP contribution in [0.15, 0.2) is 18.2 Å². The quantitative estimate of drug-likeness (QED) is 0.868. The van der Waals surface area contributed by atoms with Gasteiger partial charge in [0, 0.05) is 11.6 Å². The van der Waals surface area contributed by atoms with Gasteiger partial charge in [-0.3, -0.25) is 4.79 Å². The molecule has 8 heteroatoms. The molecule has 0 radical (unpaired) electrons. The van der Waals surface area contributed by atoms with Crippen LogP contribution in [0.2, 0.25) is 0 Å². The molecule has 120 valence electrons. The number of amides is 1. The van der Waals surface area contributed by atoms with Crippen LogP contribution >= 0.6 is 0 Å². The van der Waals surface area contributed by atoms with Crippen molar-refractivity contribution < 1.29 is 32.3 Å². The summed E-state index contributed by atoms with van der Waals surface area (Å²) >= 11 is 0. The SMILES string of the molecule is CC(C(=O)O)N(C(=O)c1ccc(C(F)(F)F)c(F)c1)C1CC1. The number of nitrogens with zero attached hydrogens (tertiary/aromatic N) is 1. The lowest BCUT2D eigenvalue weighted by molar-refractivity contribution is -0.142. The fourth-order valence-electron chi connectivity index (χ4n) is 2.16. The number of aliphatic carboxylic acids is 1. The molecule has 0 aliphatic heterocycles. The summed E-state index contributed by atoms with van der Waals surface area (Å²) in [5, 5.41) is 9.01. The van der Waals surface area contributed by atoms with Gasteiger partial charge in [0.1, 0.15) is 11.9 Å². The second-order valence-electron chi connectivity index (χ2n) is 5.15. The molecule has 1 aromatic rings. The minimum absolute atomic E-state index is 0.274. The van der Waals surface area contributed by atoms with Gasteiger partial charge in [-0.15, -0.1) is 0 Å². The van der Waals surface area contributed by atoms with E-state index in [1.165, 1.54) is 6.92 Å². The van der Waals surface area contributed by atoms with Gasteiger partial charge >= 0.3 is 12.1 Å². The van der Waals surface area contributed by atoms with Gasteiger partial charge in [0.2, 0.25) is 0 Å². The van der Waals surface area contributed by atoms with Crippen LogP contribution in [0.1, 0.15) is 35.7 Å². The third kappa shape index (κ3) is 3.20. The summed E-state index contributed by atoms with van der Waals surface area (Å²) in [4.78, 5) is 24.4. The third-order valence-electron chi connectivity index (χ3n) is 3.47. The van der Waals surface area contributed by atoms with Gasteiger partial charge in [-0.2, -0.15) is 13.2 Å². The highest BCUT2D eigenvalue weighted by Gasteiger charge is 2.40. The highest BCUT2D eigenvalue weighted by molar-refractivity contribution is 5.97. The first-order valence-corrected chi connectivity index (χ1v) is 6.55. The van der Waals surface area contributed by atoms with Crippen LogP contribution in [-0.4, -0.2) is 34.0 Å². The smallest absolute Gasteiger partial charge is 0.419 e. The van der Waals surface area contributed by atoms with E-state index < -0.39 is 35.5 Å². The van der Waals surface area contributed by atoms with E-state index >= 15 is 0 Å². The van der Waals surface area contributed by atoms with Crippen molar-refractivity contribution in [1.82, 2.24) is 4.90 Å². The minimum atomic E-state index is -4.85. The summed E-state index contributed by atoms with van der Waals surface area (Å²) in [6, 6.07) is 0.432. The maximum Gasteiger partial charge on any atom is 0.419 e. The van der Waals surface area contributed by atoms with Crippen LogP contribution in [0, 0.1) is 5.82 Å². The molecule has 1 aliphatic rings. The van der Waals surface area contributed by atoms with Crippen molar-refractivity contribution in [1.29, 1.82) is 0 Å². The maximum absolute atomic E-state index is 13.5. The second kappa shape index (κ2) is 5.58. The molecule has 0 aromatic heterocycles. The van der Waals surface area contributed by atoms with E-state index in [0.717, 1.165) is 11.0 Å². The van der Waals surface area contributed by atoms with Gasteiger partial charge in [-0.25, -0.2) is 9.18 Å². The van der Waals surface area contributed by atoms with Gasteiger partial charge < -0.3 is 10.0 Å². The molecule has 1 aromatic carbocycles. The zero-order valence-corrected chi connectivity index (χ0v) is 11.5. The Bertz CT molecular complexity index is 611. The lowest BCUT2D eigenvalue weighted by Crippen LogP contribution is -2.44. The molecule has 22 heavy (non-hydrogen) atoms. The summed E-state index contributed by atoms with van der Waals surface area (Å²) in [5.41, 5.74) is -1.76. The predicted molar refractivity (Wildman–Crippen MR) is 67.7 cm³/mol. The fourth-order valence-corrected chi connectivity index (χ4v) is 2.16. The lowest BCUT2D eigenvalue weighted by atomic mass is 10.1. The molecule has 0 saturated heterocycles. The van der Waals surface area contributed by atoms with E-state index in [-0.39, 0.29) is 11.6 Å². The predicted octanol–water partition coefficient (Wildman–Crippen LogP) is 2.92. The molecular formula is C14H13F4NO3. The van der Waals surface area contributed by atoms with Crippen LogP contribution < -0.4 is 0 Å². The average Bonchev–Trinajstić information content (AvgIpc) is 3.21. The molecular weight excluding hydrogens is 306 g/mol. The number of rotatable bonds is 4. The Morgan fingerprint density at radius 3 is 2.32 bits per heavy atom. The van der Waals surface area contributed by atoms with Crippen LogP contribution in [0.4, 0.5) is 17.6 Å². The molecule has 1 N–H and O–H groups in total. The summed E-state index contributed by atoms with van der Waals surface area (Å²) < 4.78 is 51.0. The fraction of sp³-hybridized carbons (Fsp3) is 0.429. The Morgan fingerprint density at radius 2 is 1.91 bits per heavy atom. The summed E-state index contributed by atoms with van der Waals surface area (Å²) in [6.45, 7) is 1.30. The molecule has 1 saturated carbocycles. The Balaban J connectivity index is 2.32. The van der Waals surface area contributed by atoms with E-state index in [4.69, 9.17) is 5.11 Å². The molecule has 0 heterocycles. The lowest BCUT2D eigenvalue weighted by Gasteiger charge is -2.26. The Hall–Kier alpha value is -2.12. The number of carbonyl (C=O) groups is 2. The highest BCUT2D eigenvalue weighted by atomic mass is 19.4. The van der Waals surface area contributed by atoms with Gasteiger partial charge in [-0.05, 0) is 38.0 Å². The van der Waals surface area contributed by atoms with Crippen LogP contribution in [0.5, 0.6) is 0 Å². The first-order chi connectivity index (χ1) is 10.1. The molecule has 1 amide bonds. The number of carboxylic acids is 1. The topological polar surface area (TPSA) is 57.6 Å². The van der Waals surface area contributed by atoms with Gasteiger partial charge in [-0.1, -0.05) is 0 Å². The number of carbonyl (C=O) groups excluding carboxylic acids is 1. The Kier molecular flexibility index (Phi) is 4.12. The van der Waals surface area contributed by atoms with Crippen molar-refractivity contribution >= 4 is 11.9 Å². The van der Waals surface area contributed by atoms with E-state index in [9.17, 15) is 27.2 Å². The molecule has 1 unspecified atom stereocenters. The van der Waals surface area contributed by atoms with Crippen molar-refractivity contribution in [2.45, 2.75) is 38.0 Å². The molecule has 1 fully saturated rings. The summed E-state index contributed by atoms with van der Waals surface area (Å²) in [6.07, 6.45) is -3.62. The highest BCUT2D eigenvalue weighted by Crippen LogP contribution is 2.33. The maximum atomic E-state index is 13.5. The largest absolute Gasteiger partial charge is 0.480 e. The number of carboxylic acid groups (broad SMARTS) is 1. The van der Waals surface area contributed by atoms with Crippen molar-refractivity contribution in [2.24, 2.45) is 0 Å². The Morgan fingerprint density at radius 1 is 1.32 bits per heavy atom. The van der Waals surface area contributed by atoms with Crippen LogP contribution in [-0.2, 0) is 11.0 Å². The third-order valence-corrected chi connectivity index (χ3v) is 3.47. The van der Waals surface area contributed by atoms with E-state index in [0.29, 0.717) is 25.0 Å². The number of halogens is 4. The molecule has 4 nitrogen and oxygen atoms in total. The zero-order chi connectivity index (χ0) is 16.7. The number of hydrogen-bond donors (Lipinski definition) is 1. The van der Waals surface area contributed by atoms with E-state index in [1.807, 2.05) is 0 Å². The first kappa shape index (κ1) is 16.3. The van der Waals surface area contributed by atoms with E-state index in [1.54, 1.807) is 0 Å². The van der Waals surface area contributed by atoms with Crippen molar-refractivity contribution in [2.75, 3.05) is 0 Å². The summed E-state index contributed by atoms with van der Waals surface area (Å²) in [7, 11) is 0.